The van der Waals surface area contributed by atoms with Gasteiger partial charge in [0.25, 0.3) is 0 Å². The summed E-state index contributed by atoms with van der Waals surface area (Å²) in [7, 11) is 0. The molecule has 0 aromatic heterocycles. The van der Waals surface area contributed by atoms with Crippen molar-refractivity contribution in [3.05, 3.63) is 29.8 Å². The van der Waals surface area contributed by atoms with Gasteiger partial charge in [0.1, 0.15) is 0 Å². The molecular weight excluding hydrogens is 258 g/mol. The van der Waals surface area contributed by atoms with E-state index >= 15 is 0 Å². The van der Waals surface area contributed by atoms with E-state index in [1.165, 1.54) is 0 Å². The summed E-state index contributed by atoms with van der Waals surface area (Å²) < 4.78 is 0. The zero-order valence-electron chi connectivity index (χ0n) is 11.2. The minimum absolute atomic E-state index is 0.0924. The third kappa shape index (κ3) is 3.36. The number of aliphatic hydroxyl groups excluding tert-OH is 1. The number of benzene rings is 1. The van der Waals surface area contributed by atoms with Crippen LogP contribution in [0, 0.1) is 11.8 Å². The fourth-order valence-corrected chi connectivity index (χ4v) is 2.72. The predicted molar refractivity (Wildman–Crippen MR) is 74.1 cm³/mol. The fraction of sp³-hybridized carbons (Fsp3) is 0.467. The van der Waals surface area contributed by atoms with Gasteiger partial charge in [-0.25, -0.2) is 0 Å². The maximum absolute atomic E-state index is 12.2. The van der Waals surface area contributed by atoms with Crippen molar-refractivity contribution in [3.63, 3.8) is 0 Å². The average Bonchev–Trinajstić information content (AvgIpc) is 2.47. The van der Waals surface area contributed by atoms with E-state index in [-0.39, 0.29) is 12.5 Å². The minimum Gasteiger partial charge on any atom is -0.481 e. The van der Waals surface area contributed by atoms with E-state index in [1.807, 2.05) is 0 Å². The lowest BCUT2D eigenvalue weighted by Gasteiger charge is -2.27. The van der Waals surface area contributed by atoms with Gasteiger partial charge in [-0.15, -0.1) is 0 Å². The van der Waals surface area contributed by atoms with E-state index in [0.717, 1.165) is 12.8 Å². The first kappa shape index (κ1) is 14.5. The van der Waals surface area contributed by atoms with E-state index in [2.05, 4.69) is 5.32 Å². The quantitative estimate of drug-likeness (QED) is 0.785. The second-order valence-electron chi connectivity index (χ2n) is 5.18. The topological polar surface area (TPSA) is 86.6 Å². The number of nitrogens with one attached hydrogen (secondary N) is 1. The molecule has 1 aromatic rings. The molecule has 1 fully saturated rings. The van der Waals surface area contributed by atoms with Crippen molar-refractivity contribution in [2.45, 2.75) is 32.3 Å². The van der Waals surface area contributed by atoms with Gasteiger partial charge >= 0.3 is 5.97 Å². The van der Waals surface area contributed by atoms with Gasteiger partial charge in [-0.1, -0.05) is 25.0 Å². The van der Waals surface area contributed by atoms with E-state index in [9.17, 15) is 14.7 Å². The van der Waals surface area contributed by atoms with E-state index in [0.29, 0.717) is 24.1 Å². The molecule has 0 saturated heterocycles. The summed E-state index contributed by atoms with van der Waals surface area (Å²) in [5.74, 6) is -2.20. The number of aliphatic carboxylic acids is 1. The highest BCUT2D eigenvalue weighted by Gasteiger charge is 2.35. The standard InChI is InChI=1S/C15H19NO4/c17-9-10-4-3-5-11(8-10)16-14(18)12-6-1-2-7-13(12)15(19)20/h3-5,8,12-13,17H,1-2,6-7,9H2,(H,16,18)(H,19,20)/t12-,13+/m1/s1. The molecule has 1 aromatic carbocycles. The van der Waals surface area contributed by atoms with Crippen LogP contribution in [0.2, 0.25) is 0 Å². The van der Waals surface area contributed by atoms with Crippen molar-refractivity contribution in [2.24, 2.45) is 11.8 Å². The number of anilines is 1. The normalized spacial score (nSPS) is 22.2. The van der Waals surface area contributed by atoms with E-state index in [4.69, 9.17) is 5.11 Å². The largest absolute Gasteiger partial charge is 0.481 e. The number of carbonyl (C=O) groups excluding carboxylic acids is 1. The lowest BCUT2D eigenvalue weighted by Crippen LogP contribution is -2.36. The molecule has 0 radical (unpaired) electrons. The summed E-state index contributed by atoms with van der Waals surface area (Å²) in [5.41, 5.74) is 1.30. The number of rotatable bonds is 4. The minimum atomic E-state index is -0.894. The van der Waals surface area contributed by atoms with Crippen molar-refractivity contribution in [1.29, 1.82) is 0 Å². The number of hydrogen-bond acceptors (Lipinski definition) is 3. The Labute approximate surface area is 117 Å². The highest BCUT2D eigenvalue weighted by molar-refractivity contribution is 5.95. The molecule has 0 aliphatic heterocycles. The highest BCUT2D eigenvalue weighted by atomic mass is 16.4. The van der Waals surface area contributed by atoms with E-state index < -0.39 is 17.8 Å². The fourth-order valence-electron chi connectivity index (χ4n) is 2.72. The van der Waals surface area contributed by atoms with Gasteiger partial charge < -0.3 is 15.5 Å². The lowest BCUT2D eigenvalue weighted by atomic mass is 9.78. The Hall–Kier alpha value is -1.88. The van der Waals surface area contributed by atoms with Crippen molar-refractivity contribution in [3.8, 4) is 0 Å². The molecule has 0 spiro atoms. The van der Waals surface area contributed by atoms with Gasteiger partial charge in [0.15, 0.2) is 0 Å². The molecule has 1 aliphatic carbocycles. The number of carbonyl (C=O) groups is 2. The van der Waals surface area contributed by atoms with Crippen molar-refractivity contribution < 1.29 is 19.8 Å². The molecule has 0 bridgehead atoms. The molecule has 1 aliphatic rings. The first-order valence-corrected chi connectivity index (χ1v) is 6.85. The number of hydrogen-bond donors (Lipinski definition) is 3. The zero-order chi connectivity index (χ0) is 14.5. The smallest absolute Gasteiger partial charge is 0.307 e. The van der Waals surface area contributed by atoms with Crippen LogP contribution in [0.4, 0.5) is 5.69 Å². The molecule has 20 heavy (non-hydrogen) atoms. The zero-order valence-corrected chi connectivity index (χ0v) is 11.2. The Morgan fingerprint density at radius 2 is 1.90 bits per heavy atom. The second-order valence-corrected chi connectivity index (χ2v) is 5.18. The summed E-state index contributed by atoms with van der Waals surface area (Å²) in [4.78, 5) is 23.5. The summed E-state index contributed by atoms with van der Waals surface area (Å²) in [5, 5.41) is 21.0. The van der Waals surface area contributed by atoms with Crippen molar-refractivity contribution >= 4 is 17.6 Å². The summed E-state index contributed by atoms with van der Waals surface area (Å²) in [6, 6.07) is 6.93. The van der Waals surface area contributed by atoms with Crippen LogP contribution in [-0.4, -0.2) is 22.1 Å². The monoisotopic (exact) mass is 277 g/mol. The molecule has 1 saturated carbocycles. The molecule has 5 heteroatoms. The summed E-state index contributed by atoms with van der Waals surface area (Å²) in [6.45, 7) is -0.0924. The summed E-state index contributed by atoms with van der Waals surface area (Å²) in [6.07, 6.45) is 2.92. The Kier molecular flexibility index (Phi) is 4.74. The number of carboxylic acids is 1. The molecule has 2 rings (SSSR count). The van der Waals surface area contributed by atoms with Crippen LogP contribution < -0.4 is 5.32 Å². The van der Waals surface area contributed by atoms with Crippen LogP contribution in [-0.2, 0) is 16.2 Å². The van der Waals surface area contributed by atoms with Crippen molar-refractivity contribution in [1.82, 2.24) is 0 Å². The predicted octanol–water partition coefficient (Wildman–Crippen LogP) is 2.01. The third-order valence-electron chi connectivity index (χ3n) is 3.80. The highest BCUT2D eigenvalue weighted by Crippen LogP contribution is 2.31. The Morgan fingerprint density at radius 3 is 2.55 bits per heavy atom. The van der Waals surface area contributed by atoms with Crippen LogP contribution in [0.5, 0.6) is 0 Å². The van der Waals surface area contributed by atoms with Crippen LogP contribution >= 0.6 is 0 Å². The Balaban J connectivity index is 2.07. The van der Waals surface area contributed by atoms with Gasteiger partial charge in [0, 0.05) is 5.69 Å². The van der Waals surface area contributed by atoms with Crippen molar-refractivity contribution in [2.75, 3.05) is 5.32 Å². The lowest BCUT2D eigenvalue weighted by molar-refractivity contribution is -0.147. The molecular formula is C15H19NO4. The first-order chi connectivity index (χ1) is 9.61. The second kappa shape index (κ2) is 6.52. The Morgan fingerprint density at radius 1 is 1.20 bits per heavy atom. The molecule has 0 unspecified atom stereocenters. The summed E-state index contributed by atoms with van der Waals surface area (Å²) >= 11 is 0. The first-order valence-electron chi connectivity index (χ1n) is 6.85. The molecule has 2 atom stereocenters. The Bertz CT molecular complexity index is 500. The molecule has 1 amide bonds. The number of amides is 1. The average molecular weight is 277 g/mol. The number of aliphatic hydroxyl groups is 1. The van der Waals surface area contributed by atoms with Gasteiger partial charge in [-0.2, -0.15) is 0 Å². The molecule has 3 N–H and O–H groups in total. The van der Waals surface area contributed by atoms with Crippen LogP contribution in [0.1, 0.15) is 31.2 Å². The van der Waals surface area contributed by atoms with Gasteiger partial charge in [-0.3, -0.25) is 9.59 Å². The van der Waals surface area contributed by atoms with Gasteiger partial charge in [-0.05, 0) is 30.5 Å². The van der Waals surface area contributed by atoms with Gasteiger partial charge in [0.05, 0.1) is 18.4 Å². The van der Waals surface area contributed by atoms with Gasteiger partial charge in [0.2, 0.25) is 5.91 Å². The molecule has 5 nitrogen and oxygen atoms in total. The van der Waals surface area contributed by atoms with Crippen LogP contribution in [0.3, 0.4) is 0 Å². The maximum Gasteiger partial charge on any atom is 0.307 e. The molecule has 0 heterocycles. The van der Waals surface area contributed by atoms with E-state index in [1.54, 1.807) is 24.3 Å². The maximum atomic E-state index is 12.2. The third-order valence-corrected chi connectivity index (χ3v) is 3.80. The van der Waals surface area contributed by atoms with Crippen LogP contribution in [0.15, 0.2) is 24.3 Å². The van der Waals surface area contributed by atoms with Crippen LogP contribution in [0.25, 0.3) is 0 Å². The number of carboxylic acid groups (broad SMARTS) is 1. The molecule has 108 valence electrons. The SMILES string of the molecule is O=C(O)[C@H]1CCCC[C@H]1C(=O)Nc1cccc(CO)c1.